The van der Waals surface area contributed by atoms with E-state index in [9.17, 15) is 4.79 Å². The van der Waals surface area contributed by atoms with Gasteiger partial charge in [0.05, 0.1) is 36.7 Å². The Hall–Kier alpha value is -2.79. The van der Waals surface area contributed by atoms with Crippen molar-refractivity contribution in [2.24, 2.45) is 5.10 Å². The number of hydrazone groups is 1. The highest BCUT2D eigenvalue weighted by atomic mass is 127. The average Bonchev–Trinajstić information content (AvgIpc) is 2.83. The van der Waals surface area contributed by atoms with Crippen LogP contribution in [0.25, 0.3) is 0 Å². The number of nitrogens with zero attached hydrogens (tertiary/aromatic N) is 1. The number of carbonyl (C=O) groups is 1. The van der Waals surface area contributed by atoms with Gasteiger partial charge in [-0.2, -0.15) is 5.10 Å². The van der Waals surface area contributed by atoms with Gasteiger partial charge < -0.3 is 18.9 Å². The minimum Gasteiger partial charge on any atom is -0.497 e. The summed E-state index contributed by atoms with van der Waals surface area (Å²) in [7, 11) is 4.62. The Kier molecular flexibility index (Phi) is 8.95. The number of hydrogen-bond donors (Lipinski definition) is 1. The van der Waals surface area contributed by atoms with E-state index in [0.29, 0.717) is 35.2 Å². The molecule has 0 saturated carbocycles. The van der Waals surface area contributed by atoms with Gasteiger partial charge in [-0.15, -0.1) is 0 Å². The largest absolute Gasteiger partial charge is 0.497 e. The Morgan fingerprint density at radius 2 is 1.73 bits per heavy atom. The van der Waals surface area contributed by atoms with Crippen LogP contribution in [0.15, 0.2) is 64.2 Å². The molecule has 0 aliphatic rings. The van der Waals surface area contributed by atoms with Crippen molar-refractivity contribution in [1.82, 2.24) is 5.43 Å². The van der Waals surface area contributed by atoms with Gasteiger partial charge in [0, 0.05) is 10.5 Å². The highest BCUT2D eigenvalue weighted by Crippen LogP contribution is 2.34. The van der Waals surface area contributed by atoms with E-state index < -0.39 is 5.91 Å². The van der Waals surface area contributed by atoms with E-state index in [1.807, 2.05) is 30.3 Å². The first-order valence-corrected chi connectivity index (χ1v) is 11.6. The molecule has 0 atom stereocenters. The molecule has 0 radical (unpaired) electrons. The molecule has 0 bridgehead atoms. The van der Waals surface area contributed by atoms with Crippen molar-refractivity contribution < 1.29 is 23.7 Å². The maximum atomic E-state index is 12.5. The molecular formula is C24H22BrIN2O5. The van der Waals surface area contributed by atoms with E-state index in [1.54, 1.807) is 38.5 Å². The summed E-state index contributed by atoms with van der Waals surface area (Å²) in [5.74, 6) is 1.80. The smallest absolute Gasteiger partial charge is 0.275 e. The molecule has 0 saturated heterocycles. The van der Waals surface area contributed by atoms with Crippen LogP contribution in [0.3, 0.4) is 0 Å². The zero-order valence-electron chi connectivity index (χ0n) is 18.2. The van der Waals surface area contributed by atoms with Gasteiger partial charge in [0.1, 0.15) is 18.1 Å². The van der Waals surface area contributed by atoms with Crippen molar-refractivity contribution in [2.75, 3.05) is 21.3 Å². The Morgan fingerprint density at radius 1 is 1.00 bits per heavy atom. The molecule has 0 heterocycles. The van der Waals surface area contributed by atoms with Crippen LogP contribution in [0.5, 0.6) is 23.0 Å². The van der Waals surface area contributed by atoms with Crippen LogP contribution in [0.2, 0.25) is 0 Å². The molecule has 1 N–H and O–H groups in total. The maximum Gasteiger partial charge on any atom is 0.275 e. The van der Waals surface area contributed by atoms with Gasteiger partial charge in [-0.05, 0) is 70.1 Å². The molecule has 172 valence electrons. The Balaban J connectivity index is 1.70. The van der Waals surface area contributed by atoms with Gasteiger partial charge in [0.2, 0.25) is 0 Å². The molecule has 0 aliphatic carbocycles. The lowest BCUT2D eigenvalue weighted by molar-refractivity contribution is 0.0952. The highest BCUT2D eigenvalue weighted by Gasteiger charge is 2.14. The second-order valence-electron chi connectivity index (χ2n) is 6.71. The summed E-state index contributed by atoms with van der Waals surface area (Å²) in [6.45, 7) is 0.410. The van der Waals surface area contributed by atoms with Crippen LogP contribution in [0, 0.1) is 3.57 Å². The average molecular weight is 625 g/mol. The van der Waals surface area contributed by atoms with Gasteiger partial charge in [-0.1, -0.05) is 28.1 Å². The summed E-state index contributed by atoms with van der Waals surface area (Å²) >= 11 is 5.61. The number of hydrogen-bond acceptors (Lipinski definition) is 6. The predicted octanol–water partition coefficient (Wildman–Crippen LogP) is 5.42. The monoisotopic (exact) mass is 624 g/mol. The highest BCUT2D eigenvalue weighted by molar-refractivity contribution is 14.1. The first-order chi connectivity index (χ1) is 15.9. The van der Waals surface area contributed by atoms with Crippen molar-refractivity contribution in [3.63, 3.8) is 0 Å². The molecular weight excluding hydrogens is 603 g/mol. The normalized spacial score (nSPS) is 10.7. The second kappa shape index (κ2) is 11.9. The summed E-state index contributed by atoms with van der Waals surface area (Å²) in [6, 6.07) is 16.5. The maximum absolute atomic E-state index is 12.5. The third-order valence-electron chi connectivity index (χ3n) is 4.58. The molecule has 3 rings (SSSR count). The number of carbonyl (C=O) groups excluding carboxylic acids is 1. The third-order valence-corrected chi connectivity index (χ3v) is 5.91. The lowest BCUT2D eigenvalue weighted by Crippen LogP contribution is -2.18. The molecule has 0 unspecified atom stereocenters. The van der Waals surface area contributed by atoms with Crippen molar-refractivity contribution >= 4 is 50.6 Å². The molecule has 0 aromatic heterocycles. The number of methoxy groups -OCH3 is 3. The van der Waals surface area contributed by atoms with Crippen LogP contribution in [0.4, 0.5) is 0 Å². The van der Waals surface area contributed by atoms with E-state index in [2.05, 4.69) is 49.0 Å². The van der Waals surface area contributed by atoms with Crippen LogP contribution in [-0.4, -0.2) is 33.5 Å². The zero-order chi connectivity index (χ0) is 23.8. The Labute approximate surface area is 214 Å². The minimum atomic E-state index is -0.401. The van der Waals surface area contributed by atoms with Gasteiger partial charge in [0.15, 0.2) is 11.5 Å². The molecule has 3 aromatic rings. The lowest BCUT2D eigenvalue weighted by atomic mass is 10.2. The molecule has 33 heavy (non-hydrogen) atoms. The van der Waals surface area contributed by atoms with Crippen LogP contribution >= 0.6 is 38.5 Å². The fourth-order valence-corrected chi connectivity index (χ4v) is 3.95. The number of benzene rings is 3. The first-order valence-electron chi connectivity index (χ1n) is 9.75. The van der Waals surface area contributed by atoms with Gasteiger partial charge in [-0.25, -0.2) is 5.43 Å². The summed E-state index contributed by atoms with van der Waals surface area (Å²) in [6.07, 6.45) is 1.54. The molecule has 0 fully saturated rings. The Morgan fingerprint density at radius 3 is 2.39 bits per heavy atom. The summed E-state index contributed by atoms with van der Waals surface area (Å²) in [5.41, 5.74) is 4.65. The van der Waals surface area contributed by atoms with Gasteiger partial charge >= 0.3 is 0 Å². The van der Waals surface area contributed by atoms with E-state index in [-0.39, 0.29) is 0 Å². The van der Waals surface area contributed by atoms with Crippen molar-refractivity contribution in [2.45, 2.75) is 6.61 Å². The first kappa shape index (κ1) is 24.8. The standard InChI is InChI=1S/C24H22BrIN2O5/c1-30-18-8-9-19(21(12-18)31-2)24(29)28-27-13-16-10-20(26)23(22(11-16)32-3)33-14-15-4-6-17(25)7-5-15/h4-13H,14H2,1-3H3,(H,28,29)/b27-13-. The van der Waals surface area contributed by atoms with Crippen molar-refractivity contribution in [3.05, 3.63) is 79.3 Å². The Bertz CT molecular complexity index is 1150. The number of nitrogens with one attached hydrogen (secondary N) is 1. The van der Waals surface area contributed by atoms with E-state index >= 15 is 0 Å². The van der Waals surface area contributed by atoms with Crippen LogP contribution < -0.4 is 24.4 Å². The van der Waals surface area contributed by atoms with Crippen molar-refractivity contribution in [1.29, 1.82) is 0 Å². The molecule has 9 heteroatoms. The molecule has 0 aliphatic heterocycles. The van der Waals surface area contributed by atoms with Gasteiger partial charge in [0.25, 0.3) is 5.91 Å². The topological polar surface area (TPSA) is 78.4 Å². The number of ether oxygens (including phenoxy) is 4. The van der Waals surface area contributed by atoms with E-state index in [0.717, 1.165) is 19.2 Å². The summed E-state index contributed by atoms with van der Waals surface area (Å²) < 4.78 is 23.8. The lowest BCUT2D eigenvalue weighted by Gasteiger charge is -2.13. The van der Waals surface area contributed by atoms with Crippen LogP contribution in [0.1, 0.15) is 21.5 Å². The fourth-order valence-electron chi connectivity index (χ4n) is 2.90. The fraction of sp³-hybridized carbons (Fsp3) is 0.167. The molecule has 0 spiro atoms. The van der Waals surface area contributed by atoms with Crippen molar-refractivity contribution in [3.8, 4) is 23.0 Å². The van der Waals surface area contributed by atoms with Crippen LogP contribution in [-0.2, 0) is 6.61 Å². The molecule has 3 aromatic carbocycles. The quantitative estimate of drug-likeness (QED) is 0.195. The van der Waals surface area contributed by atoms with Gasteiger partial charge in [-0.3, -0.25) is 4.79 Å². The number of amides is 1. The van der Waals surface area contributed by atoms with E-state index in [1.165, 1.54) is 13.3 Å². The SMILES string of the molecule is COc1ccc(C(=O)N/N=C\c2cc(I)c(OCc3ccc(Br)cc3)c(OC)c2)c(OC)c1. The minimum absolute atomic E-state index is 0.347. The number of rotatable bonds is 9. The molecule has 7 nitrogen and oxygen atoms in total. The zero-order valence-corrected chi connectivity index (χ0v) is 22.0. The summed E-state index contributed by atoms with van der Waals surface area (Å²) in [4.78, 5) is 12.5. The number of halogens is 2. The molecule has 1 amide bonds. The van der Waals surface area contributed by atoms with E-state index in [4.69, 9.17) is 18.9 Å². The third kappa shape index (κ3) is 6.61. The summed E-state index contributed by atoms with van der Waals surface area (Å²) in [5, 5.41) is 4.07. The second-order valence-corrected chi connectivity index (χ2v) is 8.79. The predicted molar refractivity (Wildman–Crippen MR) is 139 cm³/mol.